The van der Waals surface area contributed by atoms with Gasteiger partial charge in [-0.05, 0) is 24.7 Å². The summed E-state index contributed by atoms with van der Waals surface area (Å²) in [6.07, 6.45) is 5.41. The van der Waals surface area contributed by atoms with Gasteiger partial charge in [-0.1, -0.05) is 13.0 Å². The maximum absolute atomic E-state index is 5.78. The van der Waals surface area contributed by atoms with Crippen LogP contribution in [0.3, 0.4) is 0 Å². The average molecular weight is 182 g/mol. The van der Waals surface area contributed by atoms with Gasteiger partial charge in [0.2, 0.25) is 0 Å². The minimum Gasteiger partial charge on any atom is -0.375 e. The molecule has 0 saturated carbocycles. The largest absolute Gasteiger partial charge is 0.375 e. The van der Waals surface area contributed by atoms with E-state index in [1.807, 2.05) is 6.08 Å². The number of hydrogen-bond donors (Lipinski definition) is 0. The molecule has 1 atom stereocenters. The highest BCUT2D eigenvalue weighted by atomic mass is 16.6. The summed E-state index contributed by atoms with van der Waals surface area (Å²) >= 11 is 0. The van der Waals surface area contributed by atoms with Crippen LogP contribution in [0.2, 0.25) is 0 Å². The Balaban J connectivity index is 2.02. The molecule has 0 bridgehead atoms. The van der Waals surface area contributed by atoms with E-state index in [1.165, 1.54) is 0 Å². The summed E-state index contributed by atoms with van der Waals surface area (Å²) in [6, 6.07) is 0. The van der Waals surface area contributed by atoms with E-state index in [2.05, 4.69) is 13.5 Å². The van der Waals surface area contributed by atoms with Crippen LogP contribution in [0, 0.1) is 5.41 Å². The van der Waals surface area contributed by atoms with Gasteiger partial charge < -0.3 is 9.47 Å². The highest BCUT2D eigenvalue weighted by Gasteiger charge is 2.47. The molecule has 0 aromatic heterocycles. The lowest BCUT2D eigenvalue weighted by molar-refractivity contribution is -0.246. The van der Waals surface area contributed by atoms with Crippen molar-refractivity contribution < 1.29 is 9.47 Å². The number of ether oxygens (including phenoxy) is 2. The Morgan fingerprint density at radius 1 is 1.46 bits per heavy atom. The smallest absolute Gasteiger partial charge is 0.115 e. The first-order valence-electron chi connectivity index (χ1n) is 5.01. The summed E-state index contributed by atoms with van der Waals surface area (Å²) in [6.45, 7) is 8.62. The average Bonchev–Trinajstić information content (AvgIpc) is 2.01. The molecule has 1 unspecified atom stereocenters. The van der Waals surface area contributed by atoms with Gasteiger partial charge in [-0.2, -0.15) is 0 Å². The fourth-order valence-electron chi connectivity index (χ4n) is 2.47. The number of hydrogen-bond acceptors (Lipinski definition) is 2. The molecule has 2 aliphatic rings. The fourth-order valence-corrected chi connectivity index (χ4v) is 2.47. The maximum atomic E-state index is 5.78. The molecular formula is C11H18O2. The van der Waals surface area contributed by atoms with Crippen molar-refractivity contribution >= 4 is 0 Å². The molecular weight excluding hydrogens is 164 g/mol. The van der Waals surface area contributed by atoms with Crippen LogP contribution in [0.4, 0.5) is 0 Å². The molecule has 2 aliphatic heterocycles. The molecule has 2 nitrogen and oxygen atoms in total. The third-order valence-corrected chi connectivity index (χ3v) is 3.23. The molecule has 0 aliphatic carbocycles. The van der Waals surface area contributed by atoms with E-state index >= 15 is 0 Å². The Morgan fingerprint density at radius 3 is 2.77 bits per heavy atom. The van der Waals surface area contributed by atoms with Crippen LogP contribution >= 0.6 is 0 Å². The Bertz CT molecular complexity index is 208. The molecule has 2 heterocycles. The van der Waals surface area contributed by atoms with Crippen molar-refractivity contribution in [2.75, 3.05) is 19.8 Å². The van der Waals surface area contributed by atoms with Crippen LogP contribution in [0.1, 0.15) is 26.2 Å². The molecule has 1 spiro atoms. The normalized spacial score (nSPS) is 37.0. The number of allylic oxidation sites excluding steroid dienone is 1. The van der Waals surface area contributed by atoms with E-state index in [0.717, 1.165) is 39.1 Å². The Kier molecular flexibility index (Phi) is 2.20. The van der Waals surface area contributed by atoms with E-state index in [-0.39, 0.29) is 5.60 Å². The summed E-state index contributed by atoms with van der Waals surface area (Å²) in [5, 5.41) is 0. The van der Waals surface area contributed by atoms with Gasteiger partial charge in [0.25, 0.3) is 0 Å². The molecule has 0 aromatic rings. The zero-order chi connectivity index (χ0) is 9.36. The first-order chi connectivity index (χ1) is 6.18. The van der Waals surface area contributed by atoms with Gasteiger partial charge in [-0.25, -0.2) is 0 Å². The molecule has 0 radical (unpaired) electrons. The van der Waals surface area contributed by atoms with Crippen molar-refractivity contribution in [2.24, 2.45) is 5.41 Å². The molecule has 0 N–H and O–H groups in total. The summed E-state index contributed by atoms with van der Waals surface area (Å²) in [5.74, 6) is 0. The highest BCUT2D eigenvalue weighted by molar-refractivity contribution is 4.98. The SMILES string of the molecule is C=CCC1(C)CCOC2(COC2)C1. The monoisotopic (exact) mass is 182 g/mol. The van der Waals surface area contributed by atoms with Gasteiger partial charge in [0.1, 0.15) is 5.60 Å². The summed E-state index contributed by atoms with van der Waals surface area (Å²) in [7, 11) is 0. The van der Waals surface area contributed by atoms with Gasteiger partial charge in [-0.3, -0.25) is 0 Å². The van der Waals surface area contributed by atoms with Crippen LogP contribution in [-0.4, -0.2) is 25.4 Å². The van der Waals surface area contributed by atoms with Gasteiger partial charge in [0.05, 0.1) is 13.2 Å². The zero-order valence-electron chi connectivity index (χ0n) is 8.34. The molecule has 2 saturated heterocycles. The van der Waals surface area contributed by atoms with Crippen molar-refractivity contribution in [3.05, 3.63) is 12.7 Å². The van der Waals surface area contributed by atoms with Gasteiger partial charge in [-0.15, -0.1) is 6.58 Å². The van der Waals surface area contributed by atoms with Crippen LogP contribution in [0.5, 0.6) is 0 Å². The van der Waals surface area contributed by atoms with Gasteiger partial charge >= 0.3 is 0 Å². The van der Waals surface area contributed by atoms with Crippen LogP contribution < -0.4 is 0 Å². The van der Waals surface area contributed by atoms with E-state index < -0.39 is 0 Å². The molecule has 2 fully saturated rings. The Morgan fingerprint density at radius 2 is 2.23 bits per heavy atom. The van der Waals surface area contributed by atoms with Crippen molar-refractivity contribution in [1.29, 1.82) is 0 Å². The maximum Gasteiger partial charge on any atom is 0.115 e. The Labute approximate surface area is 79.9 Å². The molecule has 74 valence electrons. The van der Waals surface area contributed by atoms with E-state index in [1.54, 1.807) is 0 Å². The van der Waals surface area contributed by atoms with Crippen molar-refractivity contribution in [3.63, 3.8) is 0 Å². The summed E-state index contributed by atoms with van der Waals surface area (Å²) < 4.78 is 11.0. The third-order valence-electron chi connectivity index (χ3n) is 3.23. The standard InChI is InChI=1S/C11H18O2/c1-3-4-10(2)5-6-13-11(7-10)8-12-9-11/h3H,1,4-9H2,2H3. The predicted octanol–water partition coefficient (Wildman–Crippen LogP) is 2.15. The quantitative estimate of drug-likeness (QED) is 0.609. The first kappa shape index (κ1) is 9.22. The topological polar surface area (TPSA) is 18.5 Å². The van der Waals surface area contributed by atoms with Gasteiger partial charge in [0.15, 0.2) is 0 Å². The third kappa shape index (κ3) is 1.65. The zero-order valence-corrected chi connectivity index (χ0v) is 8.34. The second kappa shape index (κ2) is 3.10. The van der Waals surface area contributed by atoms with Crippen LogP contribution in [0.15, 0.2) is 12.7 Å². The van der Waals surface area contributed by atoms with E-state index in [4.69, 9.17) is 9.47 Å². The molecule has 2 rings (SSSR count). The van der Waals surface area contributed by atoms with Crippen LogP contribution in [0.25, 0.3) is 0 Å². The fraction of sp³-hybridized carbons (Fsp3) is 0.818. The molecule has 13 heavy (non-hydrogen) atoms. The second-order valence-corrected chi connectivity index (χ2v) is 4.75. The van der Waals surface area contributed by atoms with Crippen LogP contribution in [-0.2, 0) is 9.47 Å². The van der Waals surface area contributed by atoms with Crippen molar-refractivity contribution in [3.8, 4) is 0 Å². The molecule has 0 amide bonds. The van der Waals surface area contributed by atoms with Crippen molar-refractivity contribution in [2.45, 2.75) is 31.8 Å². The lowest BCUT2D eigenvalue weighted by Crippen LogP contribution is -2.57. The van der Waals surface area contributed by atoms with Gasteiger partial charge in [0, 0.05) is 6.61 Å². The minimum atomic E-state index is 0.0655. The number of rotatable bonds is 2. The van der Waals surface area contributed by atoms with Crippen molar-refractivity contribution in [1.82, 2.24) is 0 Å². The molecule has 2 heteroatoms. The lowest BCUT2D eigenvalue weighted by atomic mass is 9.71. The predicted molar refractivity (Wildman–Crippen MR) is 51.7 cm³/mol. The summed E-state index contributed by atoms with van der Waals surface area (Å²) in [4.78, 5) is 0. The van der Waals surface area contributed by atoms with E-state index in [0.29, 0.717) is 5.41 Å². The minimum absolute atomic E-state index is 0.0655. The summed E-state index contributed by atoms with van der Waals surface area (Å²) in [5.41, 5.74) is 0.458. The second-order valence-electron chi connectivity index (χ2n) is 4.75. The lowest BCUT2D eigenvalue weighted by Gasteiger charge is -2.50. The highest BCUT2D eigenvalue weighted by Crippen LogP contribution is 2.44. The molecule has 0 aromatic carbocycles. The van der Waals surface area contributed by atoms with E-state index in [9.17, 15) is 0 Å². The first-order valence-corrected chi connectivity index (χ1v) is 5.01. The Hall–Kier alpha value is -0.340.